The second-order valence-corrected chi connectivity index (χ2v) is 2.94. The van der Waals surface area contributed by atoms with Crippen molar-refractivity contribution in [3.8, 4) is 18.4 Å². The summed E-state index contributed by atoms with van der Waals surface area (Å²) in [5, 5.41) is 0. The molecule has 0 bridgehead atoms. The molecule has 0 aromatic carbocycles. The Morgan fingerprint density at radius 3 is 2.56 bits per heavy atom. The molecular formula is C10H15N5O. The lowest BCUT2D eigenvalue weighted by molar-refractivity contribution is 0.339. The fourth-order valence-electron chi connectivity index (χ4n) is 1.18. The Bertz CT molecular complexity index is 383. The third kappa shape index (κ3) is 2.98. The molecule has 86 valence electrons. The molecule has 6 heteroatoms. The molecule has 1 heterocycles. The molecule has 6 nitrogen and oxygen atoms in total. The molecular weight excluding hydrogens is 206 g/mol. The topological polar surface area (TPSA) is 77.2 Å². The van der Waals surface area contributed by atoms with Crippen LogP contribution in [0.4, 0.5) is 11.9 Å². The zero-order valence-corrected chi connectivity index (χ0v) is 9.47. The summed E-state index contributed by atoms with van der Waals surface area (Å²) in [6, 6.07) is 0.160. The van der Waals surface area contributed by atoms with Crippen molar-refractivity contribution in [2.45, 2.75) is 13.8 Å². The van der Waals surface area contributed by atoms with Crippen LogP contribution >= 0.6 is 0 Å². The first-order valence-electron chi connectivity index (χ1n) is 5.04. The molecule has 0 spiro atoms. The number of anilines is 2. The molecule has 1 rings (SSSR count). The van der Waals surface area contributed by atoms with Crippen LogP contribution in [0.1, 0.15) is 13.8 Å². The number of terminal acetylenes is 1. The summed E-state index contributed by atoms with van der Waals surface area (Å²) >= 11 is 0. The van der Waals surface area contributed by atoms with Gasteiger partial charge in [-0.1, -0.05) is 5.92 Å². The van der Waals surface area contributed by atoms with E-state index < -0.39 is 0 Å². The molecule has 0 aliphatic heterocycles. The summed E-state index contributed by atoms with van der Waals surface area (Å²) in [4.78, 5) is 13.9. The van der Waals surface area contributed by atoms with E-state index in [0.717, 1.165) is 13.1 Å². The van der Waals surface area contributed by atoms with Crippen LogP contribution < -0.4 is 15.4 Å². The van der Waals surface area contributed by atoms with Crippen molar-refractivity contribution in [1.82, 2.24) is 15.0 Å². The Hall–Kier alpha value is -2.03. The van der Waals surface area contributed by atoms with Gasteiger partial charge in [-0.3, -0.25) is 0 Å². The smallest absolute Gasteiger partial charge is 0.324 e. The fourth-order valence-corrected chi connectivity index (χ4v) is 1.18. The van der Waals surface area contributed by atoms with Crippen molar-refractivity contribution >= 4 is 11.9 Å². The lowest BCUT2D eigenvalue weighted by Gasteiger charge is -2.18. The Morgan fingerprint density at radius 2 is 2.00 bits per heavy atom. The molecule has 1 aromatic heterocycles. The van der Waals surface area contributed by atoms with E-state index in [9.17, 15) is 0 Å². The van der Waals surface area contributed by atoms with Crippen LogP contribution in [0, 0.1) is 12.3 Å². The minimum Gasteiger partial charge on any atom is -0.450 e. The highest BCUT2D eigenvalue weighted by Gasteiger charge is 2.09. The minimum absolute atomic E-state index is 0.112. The number of hydrogen-bond donors (Lipinski definition) is 1. The predicted octanol–water partition coefficient (Wildman–Crippen LogP) is 0.312. The number of ether oxygens (including phenoxy) is 1. The van der Waals surface area contributed by atoms with E-state index in [4.69, 9.17) is 16.9 Å². The zero-order chi connectivity index (χ0) is 12.0. The van der Waals surface area contributed by atoms with Gasteiger partial charge in [0.05, 0.1) is 0 Å². The highest BCUT2D eigenvalue weighted by molar-refractivity contribution is 5.35. The van der Waals surface area contributed by atoms with Crippen molar-refractivity contribution < 1.29 is 4.74 Å². The molecule has 0 amide bonds. The molecule has 0 aliphatic carbocycles. The lowest BCUT2D eigenvalue weighted by atomic mass is 10.5. The lowest BCUT2D eigenvalue weighted by Crippen LogP contribution is -2.25. The Kier molecular flexibility index (Phi) is 4.33. The van der Waals surface area contributed by atoms with Crippen LogP contribution in [0.2, 0.25) is 0 Å². The summed E-state index contributed by atoms with van der Waals surface area (Å²) in [5.74, 6) is 2.97. The highest BCUT2D eigenvalue weighted by Crippen LogP contribution is 2.12. The number of nitrogen functional groups attached to an aromatic ring is 1. The molecule has 0 saturated carbocycles. The van der Waals surface area contributed by atoms with Crippen molar-refractivity contribution in [1.29, 1.82) is 0 Å². The van der Waals surface area contributed by atoms with E-state index in [-0.39, 0.29) is 18.6 Å². The predicted molar refractivity (Wildman–Crippen MR) is 62.1 cm³/mol. The summed E-state index contributed by atoms with van der Waals surface area (Å²) in [5.41, 5.74) is 5.56. The molecule has 0 radical (unpaired) electrons. The number of rotatable bonds is 5. The molecule has 0 fully saturated rings. The fraction of sp³-hybridized carbons (Fsp3) is 0.500. The van der Waals surface area contributed by atoms with Crippen LogP contribution in [0.25, 0.3) is 0 Å². The third-order valence-electron chi connectivity index (χ3n) is 1.95. The van der Waals surface area contributed by atoms with Crippen molar-refractivity contribution in [3.05, 3.63) is 0 Å². The van der Waals surface area contributed by atoms with Crippen LogP contribution in [-0.2, 0) is 0 Å². The first-order valence-corrected chi connectivity index (χ1v) is 5.04. The Morgan fingerprint density at radius 1 is 1.31 bits per heavy atom. The van der Waals surface area contributed by atoms with E-state index in [1.54, 1.807) is 0 Å². The van der Waals surface area contributed by atoms with Crippen molar-refractivity contribution in [3.63, 3.8) is 0 Å². The molecule has 16 heavy (non-hydrogen) atoms. The molecule has 1 aromatic rings. The molecule has 2 N–H and O–H groups in total. The normalized spacial score (nSPS) is 9.56. The van der Waals surface area contributed by atoms with Gasteiger partial charge in [-0.25, -0.2) is 0 Å². The molecule has 0 saturated heterocycles. The third-order valence-corrected chi connectivity index (χ3v) is 1.95. The van der Waals surface area contributed by atoms with Gasteiger partial charge >= 0.3 is 6.01 Å². The van der Waals surface area contributed by atoms with Gasteiger partial charge < -0.3 is 15.4 Å². The number of nitrogens with two attached hydrogens (primary N) is 1. The number of hydrogen-bond acceptors (Lipinski definition) is 6. The number of aromatic nitrogens is 3. The van der Waals surface area contributed by atoms with E-state index >= 15 is 0 Å². The molecule has 0 unspecified atom stereocenters. The van der Waals surface area contributed by atoms with E-state index in [0.29, 0.717) is 5.95 Å². The van der Waals surface area contributed by atoms with Gasteiger partial charge in [0.25, 0.3) is 0 Å². The maximum atomic E-state index is 5.56. The average Bonchev–Trinajstić information content (AvgIpc) is 2.27. The minimum atomic E-state index is 0.112. The van der Waals surface area contributed by atoms with E-state index in [1.165, 1.54) is 0 Å². The highest BCUT2D eigenvalue weighted by atomic mass is 16.5. The van der Waals surface area contributed by atoms with Gasteiger partial charge in [0, 0.05) is 13.1 Å². The van der Waals surface area contributed by atoms with Crippen molar-refractivity contribution in [2.75, 3.05) is 30.3 Å². The Balaban J connectivity index is 2.93. The van der Waals surface area contributed by atoms with E-state index in [2.05, 4.69) is 20.9 Å². The second-order valence-electron chi connectivity index (χ2n) is 2.94. The summed E-state index contributed by atoms with van der Waals surface area (Å²) in [7, 11) is 0. The van der Waals surface area contributed by atoms with Crippen LogP contribution in [0.15, 0.2) is 0 Å². The quantitative estimate of drug-likeness (QED) is 0.721. The van der Waals surface area contributed by atoms with Crippen LogP contribution in [0.5, 0.6) is 6.01 Å². The monoisotopic (exact) mass is 221 g/mol. The first kappa shape index (κ1) is 12.0. The van der Waals surface area contributed by atoms with Crippen molar-refractivity contribution in [2.24, 2.45) is 0 Å². The number of nitrogens with zero attached hydrogens (tertiary/aromatic N) is 4. The summed E-state index contributed by atoms with van der Waals surface area (Å²) in [6.07, 6.45) is 5.08. The van der Waals surface area contributed by atoms with Crippen LogP contribution in [0.3, 0.4) is 0 Å². The van der Waals surface area contributed by atoms with Gasteiger partial charge in [-0.15, -0.1) is 6.42 Å². The molecule has 0 atom stereocenters. The van der Waals surface area contributed by atoms with Gasteiger partial charge in [-0.2, -0.15) is 15.0 Å². The first-order chi connectivity index (χ1) is 7.71. The molecule has 0 aliphatic rings. The standard InChI is InChI=1S/C10H15N5O/c1-4-7-16-10-13-8(11)12-9(14-10)15(5-2)6-3/h1H,5-7H2,2-3H3,(H2,11,12,13,14). The van der Waals surface area contributed by atoms with E-state index in [1.807, 2.05) is 18.7 Å². The average molecular weight is 221 g/mol. The second kappa shape index (κ2) is 5.75. The summed E-state index contributed by atoms with van der Waals surface area (Å²) in [6.45, 7) is 5.70. The summed E-state index contributed by atoms with van der Waals surface area (Å²) < 4.78 is 5.11. The van der Waals surface area contributed by atoms with Gasteiger partial charge in [0.2, 0.25) is 11.9 Å². The maximum Gasteiger partial charge on any atom is 0.324 e. The maximum absolute atomic E-state index is 5.56. The largest absolute Gasteiger partial charge is 0.450 e. The van der Waals surface area contributed by atoms with Gasteiger partial charge in [-0.05, 0) is 13.8 Å². The zero-order valence-electron chi connectivity index (χ0n) is 9.47. The Labute approximate surface area is 94.9 Å². The van der Waals surface area contributed by atoms with Crippen LogP contribution in [-0.4, -0.2) is 34.6 Å². The SMILES string of the molecule is C#CCOc1nc(N)nc(N(CC)CC)n1. The van der Waals surface area contributed by atoms with Gasteiger partial charge in [0.1, 0.15) is 0 Å². The van der Waals surface area contributed by atoms with Gasteiger partial charge in [0.15, 0.2) is 6.61 Å².